The van der Waals surface area contributed by atoms with Crippen molar-refractivity contribution in [1.29, 1.82) is 0 Å². The molecule has 2 amide bonds. The molecule has 0 aliphatic carbocycles. The third kappa shape index (κ3) is 3.53. The Morgan fingerprint density at radius 2 is 2.27 bits per heavy atom. The van der Waals surface area contributed by atoms with E-state index in [1.165, 1.54) is 9.58 Å². The Morgan fingerprint density at radius 1 is 1.50 bits per heavy atom. The number of pyridine rings is 1. The van der Waals surface area contributed by atoms with E-state index in [4.69, 9.17) is 16.7 Å². The maximum absolute atomic E-state index is 12.1. The number of carbonyl (C=O) groups excluding carboxylic acids is 1. The molecule has 0 aliphatic heterocycles. The molecule has 8 nitrogen and oxygen atoms in total. The van der Waals surface area contributed by atoms with Crippen molar-refractivity contribution in [1.82, 2.24) is 20.1 Å². The molecular formula is C13H14ClN5O3. The van der Waals surface area contributed by atoms with Gasteiger partial charge in [0.25, 0.3) is 0 Å². The normalized spacial score (nSPS) is 10.3. The number of amides is 2. The van der Waals surface area contributed by atoms with Crippen LogP contribution in [0.25, 0.3) is 5.69 Å². The third-order valence-corrected chi connectivity index (χ3v) is 3.13. The van der Waals surface area contributed by atoms with Crippen LogP contribution in [0.5, 0.6) is 0 Å². The van der Waals surface area contributed by atoms with Crippen LogP contribution < -0.4 is 10.2 Å². The smallest absolute Gasteiger partial charge is 0.405 e. The molecule has 0 atom stereocenters. The summed E-state index contributed by atoms with van der Waals surface area (Å²) in [5, 5.41) is 14.9. The molecule has 2 aromatic heterocycles. The quantitative estimate of drug-likeness (QED) is 0.869. The maximum atomic E-state index is 12.1. The average molecular weight is 324 g/mol. The van der Waals surface area contributed by atoms with Crippen molar-refractivity contribution >= 4 is 29.3 Å². The first-order chi connectivity index (χ1) is 10.5. The lowest BCUT2D eigenvalue weighted by molar-refractivity contribution is -0.117. The van der Waals surface area contributed by atoms with E-state index in [-0.39, 0.29) is 11.7 Å². The zero-order chi connectivity index (χ0) is 16.1. The molecule has 0 saturated carbocycles. The van der Waals surface area contributed by atoms with E-state index in [0.29, 0.717) is 17.9 Å². The summed E-state index contributed by atoms with van der Waals surface area (Å²) in [6, 6.07) is 3.55. The molecule has 116 valence electrons. The van der Waals surface area contributed by atoms with E-state index < -0.39 is 12.0 Å². The van der Waals surface area contributed by atoms with Crippen LogP contribution in [-0.4, -0.2) is 45.0 Å². The van der Waals surface area contributed by atoms with Gasteiger partial charge in [-0.2, -0.15) is 5.10 Å². The number of aromatic nitrogens is 3. The Kier molecular flexibility index (Phi) is 4.95. The van der Waals surface area contributed by atoms with Gasteiger partial charge in [-0.15, -0.1) is 0 Å². The fraction of sp³-hybridized carbons (Fsp3) is 0.231. The minimum Gasteiger partial charge on any atom is -0.465 e. The highest BCUT2D eigenvalue weighted by Crippen LogP contribution is 2.25. The molecule has 9 heteroatoms. The van der Waals surface area contributed by atoms with Gasteiger partial charge < -0.3 is 15.3 Å². The third-order valence-electron chi connectivity index (χ3n) is 2.86. The van der Waals surface area contributed by atoms with Gasteiger partial charge in [-0.25, -0.2) is 9.48 Å². The van der Waals surface area contributed by atoms with Crippen LogP contribution in [0.3, 0.4) is 0 Å². The van der Waals surface area contributed by atoms with E-state index in [0.717, 1.165) is 0 Å². The summed E-state index contributed by atoms with van der Waals surface area (Å²) in [5.41, 5.74) is 1.10. The summed E-state index contributed by atoms with van der Waals surface area (Å²) in [7, 11) is 0. The number of halogens is 1. The van der Waals surface area contributed by atoms with Gasteiger partial charge >= 0.3 is 6.09 Å². The molecular weight excluding hydrogens is 310 g/mol. The van der Waals surface area contributed by atoms with Crippen LogP contribution in [0, 0.1) is 0 Å². The van der Waals surface area contributed by atoms with Crippen molar-refractivity contribution < 1.29 is 14.7 Å². The Labute approximate surface area is 131 Å². The van der Waals surface area contributed by atoms with Crippen molar-refractivity contribution in [3.63, 3.8) is 0 Å². The van der Waals surface area contributed by atoms with Gasteiger partial charge in [-0.3, -0.25) is 9.78 Å². The second kappa shape index (κ2) is 6.90. The van der Waals surface area contributed by atoms with Gasteiger partial charge in [0.15, 0.2) is 5.15 Å². The summed E-state index contributed by atoms with van der Waals surface area (Å²) in [6.07, 6.45) is 3.58. The summed E-state index contributed by atoms with van der Waals surface area (Å²) >= 11 is 6.09. The highest BCUT2D eigenvalue weighted by atomic mass is 35.5. The first-order valence-corrected chi connectivity index (χ1v) is 6.83. The second-order valence-corrected chi connectivity index (χ2v) is 4.62. The molecule has 2 N–H and O–H groups in total. The number of likely N-dealkylation sites (N-methyl/N-ethyl adjacent to an activating group) is 1. The summed E-state index contributed by atoms with van der Waals surface area (Å²) in [6.45, 7) is 1.76. The largest absolute Gasteiger partial charge is 0.465 e. The van der Waals surface area contributed by atoms with Crippen LogP contribution in [0.4, 0.5) is 10.5 Å². The molecule has 0 unspecified atom stereocenters. The van der Waals surface area contributed by atoms with Gasteiger partial charge in [0.05, 0.1) is 18.1 Å². The molecule has 2 heterocycles. The summed E-state index contributed by atoms with van der Waals surface area (Å²) in [4.78, 5) is 27.9. The van der Waals surface area contributed by atoms with E-state index >= 15 is 0 Å². The van der Waals surface area contributed by atoms with E-state index in [2.05, 4.69) is 10.1 Å². The van der Waals surface area contributed by atoms with Crippen molar-refractivity contribution in [3.05, 3.63) is 35.9 Å². The van der Waals surface area contributed by atoms with E-state index in [9.17, 15) is 9.59 Å². The Morgan fingerprint density at radius 3 is 2.86 bits per heavy atom. The molecule has 2 aromatic rings. The Hall–Kier alpha value is -2.61. The van der Waals surface area contributed by atoms with E-state index in [1.54, 1.807) is 37.6 Å². The fourth-order valence-corrected chi connectivity index (χ4v) is 2.11. The van der Waals surface area contributed by atoms with E-state index in [1.807, 2.05) is 5.32 Å². The first-order valence-electron chi connectivity index (χ1n) is 6.45. The molecule has 0 saturated heterocycles. The molecule has 0 aliphatic rings. The molecule has 0 bridgehead atoms. The van der Waals surface area contributed by atoms with Crippen LogP contribution in [-0.2, 0) is 4.79 Å². The molecule has 2 rings (SSSR count). The predicted octanol–water partition coefficient (Wildman–Crippen LogP) is 1.54. The van der Waals surface area contributed by atoms with Crippen molar-refractivity contribution in [2.24, 2.45) is 0 Å². The van der Waals surface area contributed by atoms with Crippen LogP contribution >= 0.6 is 11.6 Å². The van der Waals surface area contributed by atoms with Gasteiger partial charge in [0.2, 0.25) is 5.91 Å². The van der Waals surface area contributed by atoms with Gasteiger partial charge in [0.1, 0.15) is 12.2 Å². The monoisotopic (exact) mass is 323 g/mol. The minimum absolute atomic E-state index is 0.148. The summed E-state index contributed by atoms with van der Waals surface area (Å²) in [5.74, 6) is -0.419. The van der Waals surface area contributed by atoms with Gasteiger partial charge in [-0.05, 0) is 19.1 Å². The van der Waals surface area contributed by atoms with Gasteiger partial charge in [-0.1, -0.05) is 11.6 Å². The van der Waals surface area contributed by atoms with Crippen LogP contribution in [0.1, 0.15) is 6.92 Å². The highest BCUT2D eigenvalue weighted by molar-refractivity contribution is 6.32. The van der Waals surface area contributed by atoms with Crippen LogP contribution in [0.2, 0.25) is 5.15 Å². The fourth-order valence-electron chi connectivity index (χ4n) is 1.87. The van der Waals surface area contributed by atoms with Gasteiger partial charge in [0, 0.05) is 12.7 Å². The lowest BCUT2D eigenvalue weighted by Gasteiger charge is -2.19. The Bertz CT molecular complexity index is 674. The molecule has 0 spiro atoms. The highest BCUT2D eigenvalue weighted by Gasteiger charge is 2.20. The predicted molar refractivity (Wildman–Crippen MR) is 80.4 cm³/mol. The van der Waals surface area contributed by atoms with Crippen LogP contribution in [0.15, 0.2) is 30.7 Å². The number of anilines is 1. The molecule has 0 radical (unpaired) electrons. The minimum atomic E-state index is -1.26. The number of carboxylic acid groups (broad SMARTS) is 1. The summed E-state index contributed by atoms with van der Waals surface area (Å²) < 4.78 is 1.51. The second-order valence-electron chi connectivity index (χ2n) is 4.26. The first kappa shape index (κ1) is 15.8. The number of hydrogen-bond donors (Lipinski definition) is 2. The standard InChI is InChI=1S/C13H14ClN5O3/c1-2-18(11(20)7-16-13(21)22)10-8-19(17-12(10)14)9-4-3-5-15-6-9/h3-6,8,16H,2,7H2,1H3,(H,21,22). The SMILES string of the molecule is CCN(C(=O)CNC(=O)O)c1cn(-c2cccnc2)nc1Cl. The molecule has 0 fully saturated rings. The lowest BCUT2D eigenvalue weighted by atomic mass is 10.4. The number of nitrogens with zero attached hydrogens (tertiary/aromatic N) is 4. The average Bonchev–Trinajstić information content (AvgIpc) is 2.89. The lowest BCUT2D eigenvalue weighted by Crippen LogP contribution is -2.39. The number of hydrogen-bond acceptors (Lipinski definition) is 4. The zero-order valence-electron chi connectivity index (χ0n) is 11.7. The van der Waals surface area contributed by atoms with Crippen molar-refractivity contribution in [3.8, 4) is 5.69 Å². The molecule has 0 aromatic carbocycles. The number of nitrogens with one attached hydrogen (secondary N) is 1. The number of rotatable bonds is 5. The topological polar surface area (TPSA) is 100 Å². The Balaban J connectivity index is 2.25. The molecule has 22 heavy (non-hydrogen) atoms. The maximum Gasteiger partial charge on any atom is 0.405 e. The number of carbonyl (C=O) groups is 2. The van der Waals surface area contributed by atoms with Crippen molar-refractivity contribution in [2.45, 2.75) is 6.92 Å². The zero-order valence-corrected chi connectivity index (χ0v) is 12.5. The van der Waals surface area contributed by atoms with Crippen molar-refractivity contribution in [2.75, 3.05) is 18.0 Å².